The minimum Gasteiger partial charge on any atom is -0.478 e. The average molecular weight is 362 g/mol. The van der Waals surface area contributed by atoms with Gasteiger partial charge in [0, 0.05) is 0 Å². The average Bonchev–Trinajstić information content (AvgIpc) is 2.55. The van der Waals surface area contributed by atoms with Gasteiger partial charge in [0.1, 0.15) is 13.2 Å². The van der Waals surface area contributed by atoms with E-state index in [9.17, 15) is 14.4 Å². The molecule has 0 aliphatic rings. The molecular weight excluding hydrogens is 336 g/mol. The van der Waals surface area contributed by atoms with Crippen LogP contribution in [-0.4, -0.2) is 36.2 Å². The summed E-state index contributed by atoms with van der Waals surface area (Å²) in [5, 5.41) is 9.09. The van der Waals surface area contributed by atoms with Crippen LogP contribution in [0.4, 0.5) is 0 Å². The fourth-order valence-corrected chi connectivity index (χ4v) is 2.30. The Labute approximate surface area is 153 Å². The number of carboxylic acids is 1. The van der Waals surface area contributed by atoms with E-state index in [0.29, 0.717) is 0 Å². The van der Waals surface area contributed by atoms with E-state index < -0.39 is 17.9 Å². The lowest BCUT2D eigenvalue weighted by atomic mass is 9.80. The van der Waals surface area contributed by atoms with Crippen LogP contribution < -0.4 is 0 Å². The third-order valence-corrected chi connectivity index (χ3v) is 3.63. The molecule has 26 heavy (non-hydrogen) atoms. The number of carboxylic acid groups (broad SMARTS) is 1. The van der Waals surface area contributed by atoms with Crippen LogP contribution in [0.25, 0.3) is 0 Å². The Morgan fingerprint density at radius 1 is 1.04 bits per heavy atom. The van der Waals surface area contributed by atoms with E-state index >= 15 is 0 Å². The minimum absolute atomic E-state index is 0.0385. The normalized spacial score (nSPS) is 12.0. The number of rotatable bonds is 7. The molecule has 0 saturated heterocycles. The fraction of sp³-hybridized carbons (Fsp3) is 0.450. The summed E-state index contributed by atoms with van der Waals surface area (Å²) in [6.07, 6.45) is 1.86. The van der Waals surface area contributed by atoms with Gasteiger partial charge in [0.2, 0.25) is 0 Å². The molecule has 6 heteroatoms. The molecule has 1 unspecified atom stereocenters. The SMILES string of the molecule is CC(C)=CC(C(=O)OCCOC(=O)c1ccccc1C(=O)O)C(C)(C)C. The zero-order chi connectivity index (χ0) is 19.9. The second-order valence-corrected chi connectivity index (χ2v) is 7.24. The molecule has 0 bridgehead atoms. The Bertz CT molecular complexity index is 692. The van der Waals surface area contributed by atoms with E-state index in [1.54, 1.807) is 6.07 Å². The molecule has 1 N–H and O–H groups in total. The van der Waals surface area contributed by atoms with Gasteiger partial charge in [-0.2, -0.15) is 0 Å². The van der Waals surface area contributed by atoms with Crippen molar-refractivity contribution >= 4 is 17.9 Å². The van der Waals surface area contributed by atoms with Crippen molar-refractivity contribution in [3.05, 3.63) is 47.0 Å². The van der Waals surface area contributed by atoms with Crippen molar-refractivity contribution in [2.75, 3.05) is 13.2 Å². The Morgan fingerprint density at radius 2 is 1.58 bits per heavy atom. The highest BCUT2D eigenvalue weighted by Gasteiger charge is 2.30. The van der Waals surface area contributed by atoms with Crippen molar-refractivity contribution in [2.45, 2.75) is 34.6 Å². The van der Waals surface area contributed by atoms with Crippen LogP contribution in [0.2, 0.25) is 0 Å². The zero-order valence-electron chi connectivity index (χ0n) is 15.9. The maximum Gasteiger partial charge on any atom is 0.339 e. The molecule has 0 aliphatic heterocycles. The first kappa shape index (κ1) is 21.4. The highest BCUT2D eigenvalue weighted by Crippen LogP contribution is 2.29. The monoisotopic (exact) mass is 362 g/mol. The molecule has 0 amide bonds. The van der Waals surface area contributed by atoms with E-state index in [1.165, 1.54) is 18.2 Å². The molecule has 1 aromatic rings. The number of carbonyl (C=O) groups is 3. The molecule has 1 atom stereocenters. The maximum absolute atomic E-state index is 12.3. The fourth-order valence-electron chi connectivity index (χ4n) is 2.30. The second-order valence-electron chi connectivity index (χ2n) is 7.24. The summed E-state index contributed by atoms with van der Waals surface area (Å²) in [6.45, 7) is 9.41. The Morgan fingerprint density at radius 3 is 2.08 bits per heavy atom. The summed E-state index contributed by atoms with van der Waals surface area (Å²) in [6, 6.07) is 5.78. The summed E-state index contributed by atoms with van der Waals surface area (Å²) in [4.78, 5) is 35.4. The number of carbonyl (C=O) groups excluding carboxylic acids is 2. The topological polar surface area (TPSA) is 89.9 Å². The number of benzene rings is 1. The summed E-state index contributed by atoms with van der Waals surface area (Å²) in [5.41, 5.74) is 0.540. The van der Waals surface area contributed by atoms with Crippen LogP contribution in [0.3, 0.4) is 0 Å². The molecule has 6 nitrogen and oxygen atoms in total. The van der Waals surface area contributed by atoms with E-state index in [0.717, 1.165) is 5.57 Å². The van der Waals surface area contributed by atoms with Crippen molar-refractivity contribution in [3.63, 3.8) is 0 Å². The van der Waals surface area contributed by atoms with Gasteiger partial charge in [-0.25, -0.2) is 9.59 Å². The Balaban J connectivity index is 2.61. The van der Waals surface area contributed by atoms with E-state index in [2.05, 4.69) is 0 Å². The van der Waals surface area contributed by atoms with Crippen molar-refractivity contribution in [3.8, 4) is 0 Å². The number of hydrogen-bond donors (Lipinski definition) is 1. The third kappa shape index (κ3) is 6.35. The van der Waals surface area contributed by atoms with E-state index in [4.69, 9.17) is 14.6 Å². The zero-order valence-corrected chi connectivity index (χ0v) is 15.9. The van der Waals surface area contributed by atoms with Gasteiger partial charge in [0.25, 0.3) is 0 Å². The lowest BCUT2D eigenvalue weighted by molar-refractivity contribution is -0.151. The smallest absolute Gasteiger partial charge is 0.339 e. The summed E-state index contributed by atoms with van der Waals surface area (Å²) in [5.74, 6) is -2.77. The van der Waals surface area contributed by atoms with Crippen molar-refractivity contribution in [1.29, 1.82) is 0 Å². The highest BCUT2D eigenvalue weighted by molar-refractivity contribution is 6.02. The number of allylic oxidation sites excluding steroid dienone is 1. The molecule has 0 fully saturated rings. The van der Waals surface area contributed by atoms with Crippen LogP contribution in [-0.2, 0) is 14.3 Å². The number of esters is 2. The van der Waals surface area contributed by atoms with Gasteiger partial charge in [-0.3, -0.25) is 4.79 Å². The first-order chi connectivity index (χ1) is 12.0. The van der Waals surface area contributed by atoms with Crippen LogP contribution in [0, 0.1) is 11.3 Å². The standard InChI is InChI=1S/C20H26O6/c1-13(2)12-16(20(3,4)5)19(24)26-11-10-25-18(23)15-9-7-6-8-14(15)17(21)22/h6-9,12,16H,10-11H2,1-5H3,(H,21,22). The van der Waals surface area contributed by atoms with Gasteiger partial charge in [-0.1, -0.05) is 44.6 Å². The number of hydrogen-bond acceptors (Lipinski definition) is 5. The van der Waals surface area contributed by atoms with Gasteiger partial charge in [0.05, 0.1) is 17.0 Å². The molecule has 0 radical (unpaired) electrons. The van der Waals surface area contributed by atoms with Crippen molar-refractivity contribution in [2.24, 2.45) is 11.3 Å². The Kier molecular flexibility index (Phi) is 7.56. The van der Waals surface area contributed by atoms with Crippen LogP contribution >= 0.6 is 0 Å². The van der Waals surface area contributed by atoms with Gasteiger partial charge >= 0.3 is 17.9 Å². The Hall–Kier alpha value is -2.63. The first-order valence-corrected chi connectivity index (χ1v) is 8.35. The number of ether oxygens (including phenoxy) is 2. The predicted molar refractivity (Wildman–Crippen MR) is 97.0 cm³/mol. The lowest BCUT2D eigenvalue weighted by Crippen LogP contribution is -2.30. The molecule has 0 saturated carbocycles. The largest absolute Gasteiger partial charge is 0.478 e. The molecule has 0 spiro atoms. The third-order valence-electron chi connectivity index (χ3n) is 3.63. The molecule has 0 aromatic heterocycles. The molecule has 1 aromatic carbocycles. The van der Waals surface area contributed by atoms with Crippen molar-refractivity contribution in [1.82, 2.24) is 0 Å². The minimum atomic E-state index is -1.21. The van der Waals surface area contributed by atoms with Crippen LogP contribution in [0.15, 0.2) is 35.9 Å². The van der Waals surface area contributed by atoms with E-state index in [1.807, 2.05) is 40.7 Å². The van der Waals surface area contributed by atoms with Crippen LogP contribution in [0.5, 0.6) is 0 Å². The van der Waals surface area contributed by atoms with Gasteiger partial charge in [0.15, 0.2) is 0 Å². The molecule has 0 heterocycles. The summed E-state index contributed by atoms with van der Waals surface area (Å²) >= 11 is 0. The molecule has 0 aliphatic carbocycles. The highest BCUT2D eigenvalue weighted by atomic mass is 16.6. The van der Waals surface area contributed by atoms with E-state index in [-0.39, 0.29) is 35.7 Å². The van der Waals surface area contributed by atoms with Gasteiger partial charge in [-0.15, -0.1) is 0 Å². The first-order valence-electron chi connectivity index (χ1n) is 8.35. The molecule has 142 valence electrons. The maximum atomic E-state index is 12.3. The summed E-state index contributed by atoms with van der Waals surface area (Å²) in [7, 11) is 0. The molecular formula is C20H26O6. The molecule has 1 rings (SSSR count). The quantitative estimate of drug-likeness (QED) is 0.452. The number of aromatic carboxylic acids is 1. The van der Waals surface area contributed by atoms with Gasteiger partial charge in [-0.05, 0) is 31.4 Å². The predicted octanol–water partition coefficient (Wildman–Crippen LogP) is 3.71. The van der Waals surface area contributed by atoms with Crippen LogP contribution in [0.1, 0.15) is 55.3 Å². The second kappa shape index (κ2) is 9.17. The van der Waals surface area contributed by atoms with Gasteiger partial charge < -0.3 is 14.6 Å². The lowest BCUT2D eigenvalue weighted by Gasteiger charge is -2.26. The summed E-state index contributed by atoms with van der Waals surface area (Å²) < 4.78 is 10.2. The van der Waals surface area contributed by atoms with Crippen molar-refractivity contribution < 1.29 is 29.0 Å².